The number of aliphatic hydroxyl groups excluding tert-OH is 1. The standard InChI is InChI=1S/C21H24N5O7PS/c1-12(19(28)29)25-34(31,33-16-8-4-6-13-5-2-3-7-14(13)16)32-10-17-15(27)9-18(35-17)26-11-23-20(22)24-21(26)30/h2-8,11-12,15,17-18,27H,9-10H2,1H3,(H,25,31)(H,28,29)(H2,22,24,30)/t12?,15-,17+,18+,34?/m0/s1. The molecule has 0 aliphatic carbocycles. The highest BCUT2D eigenvalue weighted by Crippen LogP contribution is 2.49. The second-order valence-corrected chi connectivity index (χ2v) is 11.0. The van der Waals surface area contributed by atoms with Crippen molar-refractivity contribution in [3.8, 4) is 5.75 Å². The average Bonchev–Trinajstić information content (AvgIpc) is 3.18. The Morgan fingerprint density at radius 3 is 2.83 bits per heavy atom. The first kappa shape index (κ1) is 25.1. The summed E-state index contributed by atoms with van der Waals surface area (Å²) in [5.41, 5.74) is 4.82. The lowest BCUT2D eigenvalue weighted by Gasteiger charge is -2.24. The molecule has 2 aromatic carbocycles. The van der Waals surface area contributed by atoms with Gasteiger partial charge in [-0.05, 0) is 18.4 Å². The number of aliphatic hydroxyl groups is 1. The van der Waals surface area contributed by atoms with E-state index in [4.69, 9.17) is 14.8 Å². The number of benzene rings is 2. The molecule has 2 unspecified atom stereocenters. The molecular weight excluding hydrogens is 497 g/mol. The van der Waals surface area contributed by atoms with E-state index in [1.165, 1.54) is 29.6 Å². The molecule has 0 spiro atoms. The zero-order valence-electron chi connectivity index (χ0n) is 18.6. The SMILES string of the molecule is CC(NP(=O)(OC[C@H]1S[C@@H](n2cnc(N)nc2=O)C[C@@H]1O)Oc1cccc2ccccc12)C(=O)O. The Balaban J connectivity index is 1.53. The van der Waals surface area contributed by atoms with Gasteiger partial charge in [0.1, 0.15) is 18.1 Å². The molecule has 3 aromatic rings. The van der Waals surface area contributed by atoms with E-state index < -0.39 is 42.2 Å². The minimum Gasteiger partial charge on any atom is -0.480 e. The molecule has 35 heavy (non-hydrogen) atoms. The number of thioether (sulfide) groups is 1. The molecule has 0 amide bonds. The number of anilines is 1. The van der Waals surface area contributed by atoms with Crippen molar-refractivity contribution in [1.82, 2.24) is 19.6 Å². The smallest absolute Gasteiger partial charge is 0.459 e. The normalized spacial score (nSPS) is 22.5. The second-order valence-electron chi connectivity index (χ2n) is 7.89. The molecule has 5 N–H and O–H groups in total. The highest BCUT2D eigenvalue weighted by molar-refractivity contribution is 8.00. The number of aromatic nitrogens is 3. The summed E-state index contributed by atoms with van der Waals surface area (Å²) in [4.78, 5) is 31.0. The molecule has 1 fully saturated rings. The van der Waals surface area contributed by atoms with Crippen LogP contribution in [0.15, 0.2) is 53.6 Å². The van der Waals surface area contributed by atoms with Crippen molar-refractivity contribution in [2.75, 3.05) is 12.3 Å². The van der Waals surface area contributed by atoms with E-state index in [2.05, 4.69) is 15.1 Å². The number of carboxylic acids is 1. The third kappa shape index (κ3) is 5.82. The largest absolute Gasteiger partial charge is 0.480 e. The summed E-state index contributed by atoms with van der Waals surface area (Å²) in [6, 6.07) is 11.2. The van der Waals surface area contributed by atoms with Gasteiger partial charge in [-0.25, -0.2) is 14.3 Å². The van der Waals surface area contributed by atoms with E-state index in [0.717, 1.165) is 5.39 Å². The number of fused-ring (bicyclic) bond motifs is 1. The molecule has 0 radical (unpaired) electrons. The monoisotopic (exact) mass is 521 g/mol. The first-order chi connectivity index (χ1) is 16.6. The van der Waals surface area contributed by atoms with E-state index in [-0.39, 0.29) is 24.7 Å². The van der Waals surface area contributed by atoms with E-state index in [9.17, 15) is 24.4 Å². The number of nitrogens with two attached hydrogens (primary N) is 1. The number of carboxylic acid groups (broad SMARTS) is 1. The van der Waals surface area contributed by atoms with Crippen molar-refractivity contribution in [3.63, 3.8) is 0 Å². The van der Waals surface area contributed by atoms with Crippen molar-refractivity contribution < 1.29 is 28.6 Å². The number of hydrogen-bond donors (Lipinski definition) is 4. The van der Waals surface area contributed by atoms with Crippen LogP contribution in [0.3, 0.4) is 0 Å². The molecule has 14 heteroatoms. The molecule has 186 valence electrons. The fourth-order valence-electron chi connectivity index (χ4n) is 3.55. The Morgan fingerprint density at radius 1 is 1.34 bits per heavy atom. The molecule has 0 saturated carbocycles. The lowest BCUT2D eigenvalue weighted by atomic mass is 10.1. The fourth-order valence-corrected chi connectivity index (χ4v) is 6.61. The van der Waals surface area contributed by atoms with Crippen LogP contribution >= 0.6 is 19.5 Å². The van der Waals surface area contributed by atoms with Crippen molar-refractivity contribution in [2.24, 2.45) is 0 Å². The molecule has 2 heterocycles. The third-order valence-corrected chi connectivity index (χ3v) is 8.52. The predicted octanol–water partition coefficient (Wildman–Crippen LogP) is 2.01. The van der Waals surface area contributed by atoms with Gasteiger partial charge in [0.2, 0.25) is 5.95 Å². The van der Waals surface area contributed by atoms with Crippen LogP contribution in [0.2, 0.25) is 0 Å². The molecule has 4 rings (SSSR count). The van der Waals surface area contributed by atoms with Gasteiger partial charge in [0.05, 0.1) is 23.3 Å². The number of aliphatic carboxylic acids is 1. The lowest BCUT2D eigenvalue weighted by molar-refractivity contribution is -0.138. The number of hydrogen-bond acceptors (Lipinski definition) is 10. The minimum absolute atomic E-state index is 0.153. The van der Waals surface area contributed by atoms with Crippen LogP contribution < -0.4 is 21.0 Å². The molecule has 1 aromatic heterocycles. The van der Waals surface area contributed by atoms with Crippen molar-refractivity contribution in [1.29, 1.82) is 0 Å². The molecule has 12 nitrogen and oxygen atoms in total. The summed E-state index contributed by atoms with van der Waals surface area (Å²) in [5, 5.41) is 22.7. The van der Waals surface area contributed by atoms with Gasteiger partial charge in [-0.1, -0.05) is 36.4 Å². The van der Waals surface area contributed by atoms with Crippen molar-refractivity contribution >= 4 is 42.2 Å². The Kier molecular flexibility index (Phi) is 7.43. The van der Waals surface area contributed by atoms with Crippen LogP contribution in [0.25, 0.3) is 10.8 Å². The van der Waals surface area contributed by atoms with Gasteiger partial charge in [0.15, 0.2) is 0 Å². The average molecular weight is 521 g/mol. The molecule has 1 aliphatic rings. The molecule has 0 bridgehead atoms. The van der Waals surface area contributed by atoms with Crippen LogP contribution in [-0.4, -0.2) is 54.7 Å². The first-order valence-electron chi connectivity index (χ1n) is 10.6. The van der Waals surface area contributed by atoms with E-state index in [1.54, 1.807) is 24.3 Å². The zero-order valence-corrected chi connectivity index (χ0v) is 20.3. The highest BCUT2D eigenvalue weighted by atomic mass is 32.2. The molecule has 1 aliphatic heterocycles. The molecule has 5 atom stereocenters. The Hall–Kier alpha value is -2.96. The maximum Gasteiger partial charge on any atom is 0.459 e. The highest BCUT2D eigenvalue weighted by Gasteiger charge is 2.39. The van der Waals surface area contributed by atoms with Gasteiger partial charge < -0.3 is 20.5 Å². The Bertz CT molecular complexity index is 1330. The van der Waals surface area contributed by atoms with Crippen LogP contribution in [0.5, 0.6) is 5.75 Å². The number of nitrogen functional groups attached to an aromatic ring is 1. The quantitative estimate of drug-likeness (QED) is 0.301. The lowest BCUT2D eigenvalue weighted by Crippen LogP contribution is -2.34. The second kappa shape index (κ2) is 10.3. The van der Waals surface area contributed by atoms with Gasteiger partial charge in [0, 0.05) is 11.8 Å². The number of rotatable bonds is 9. The summed E-state index contributed by atoms with van der Waals surface area (Å²) in [7, 11) is -4.21. The van der Waals surface area contributed by atoms with E-state index >= 15 is 0 Å². The summed E-state index contributed by atoms with van der Waals surface area (Å²) in [5.74, 6) is -1.15. The molecular formula is C21H24N5O7PS. The van der Waals surface area contributed by atoms with E-state index in [1.807, 2.05) is 18.2 Å². The summed E-state index contributed by atoms with van der Waals surface area (Å²) in [6.45, 7) is 1.07. The van der Waals surface area contributed by atoms with Crippen LogP contribution in [0, 0.1) is 0 Å². The maximum atomic E-state index is 13.6. The van der Waals surface area contributed by atoms with Crippen LogP contribution in [0.4, 0.5) is 5.95 Å². The van der Waals surface area contributed by atoms with Crippen molar-refractivity contribution in [3.05, 3.63) is 59.3 Å². The maximum absolute atomic E-state index is 13.6. The van der Waals surface area contributed by atoms with Crippen LogP contribution in [-0.2, 0) is 13.9 Å². The van der Waals surface area contributed by atoms with Crippen molar-refractivity contribution in [2.45, 2.75) is 36.1 Å². The predicted molar refractivity (Wildman–Crippen MR) is 130 cm³/mol. The topological polar surface area (TPSA) is 179 Å². The van der Waals surface area contributed by atoms with Gasteiger partial charge in [-0.3, -0.25) is 13.9 Å². The Morgan fingerprint density at radius 2 is 2.09 bits per heavy atom. The third-order valence-electron chi connectivity index (χ3n) is 5.36. The van der Waals surface area contributed by atoms with Gasteiger partial charge in [-0.2, -0.15) is 10.1 Å². The first-order valence-corrected chi connectivity index (χ1v) is 13.1. The number of carbonyl (C=O) groups is 1. The summed E-state index contributed by atoms with van der Waals surface area (Å²) in [6.07, 6.45) is 0.541. The summed E-state index contributed by atoms with van der Waals surface area (Å²) >= 11 is 1.21. The van der Waals surface area contributed by atoms with Gasteiger partial charge >= 0.3 is 19.4 Å². The zero-order chi connectivity index (χ0) is 25.2. The fraction of sp³-hybridized carbons (Fsp3) is 0.333. The number of nitrogens with zero attached hydrogens (tertiary/aromatic N) is 3. The minimum atomic E-state index is -4.21. The van der Waals surface area contributed by atoms with E-state index in [0.29, 0.717) is 5.39 Å². The summed E-state index contributed by atoms with van der Waals surface area (Å²) < 4.78 is 26.3. The van der Waals surface area contributed by atoms with Gasteiger partial charge in [0.25, 0.3) is 0 Å². The number of nitrogens with one attached hydrogen (secondary N) is 1. The van der Waals surface area contributed by atoms with Crippen LogP contribution in [0.1, 0.15) is 18.7 Å². The Labute approximate surface area is 204 Å². The molecule has 1 saturated heterocycles. The van der Waals surface area contributed by atoms with Gasteiger partial charge in [-0.15, -0.1) is 11.8 Å².